The molecule has 3 rings (SSSR count). The van der Waals surface area contributed by atoms with Crippen LogP contribution in [0.3, 0.4) is 0 Å². The summed E-state index contributed by atoms with van der Waals surface area (Å²) in [6.45, 7) is 6.14. The Hall–Kier alpha value is -2.41. The third-order valence-corrected chi connectivity index (χ3v) is 5.74. The lowest BCUT2D eigenvalue weighted by atomic mass is 10.0. The normalized spacial score (nSPS) is 14.3. The largest absolute Gasteiger partial charge is 0.453 e. The number of aromatic nitrogens is 2. The number of carbonyl (C=O) groups excluding carboxylic acids is 2. The molecular formula is C22H27N3O3S. The van der Waals surface area contributed by atoms with Crippen LogP contribution in [0.25, 0.3) is 0 Å². The van der Waals surface area contributed by atoms with Crippen LogP contribution < -0.4 is 4.90 Å². The number of hydrogen-bond donors (Lipinski definition) is 0. The maximum absolute atomic E-state index is 12.9. The van der Waals surface area contributed by atoms with Gasteiger partial charge in [0.1, 0.15) is 0 Å². The highest BCUT2D eigenvalue weighted by Gasteiger charge is 2.28. The van der Waals surface area contributed by atoms with E-state index in [9.17, 15) is 9.59 Å². The van der Waals surface area contributed by atoms with E-state index in [4.69, 9.17) is 4.74 Å². The van der Waals surface area contributed by atoms with Crippen molar-refractivity contribution in [1.29, 1.82) is 0 Å². The van der Waals surface area contributed by atoms with E-state index in [1.54, 1.807) is 11.8 Å². The summed E-state index contributed by atoms with van der Waals surface area (Å²) in [6, 6.07) is 7.90. The highest BCUT2D eigenvalue weighted by atomic mass is 32.2. The number of esters is 1. The Labute approximate surface area is 176 Å². The number of nitrogens with zero attached hydrogens (tertiary/aromatic N) is 3. The van der Waals surface area contributed by atoms with Gasteiger partial charge in [-0.2, -0.15) is 0 Å². The van der Waals surface area contributed by atoms with Gasteiger partial charge in [0.25, 0.3) is 5.91 Å². The number of benzene rings is 1. The van der Waals surface area contributed by atoms with Gasteiger partial charge in [-0.05, 0) is 63.5 Å². The molecule has 6 nitrogen and oxygen atoms in total. The third kappa shape index (κ3) is 4.96. The molecule has 7 heteroatoms. The molecule has 29 heavy (non-hydrogen) atoms. The summed E-state index contributed by atoms with van der Waals surface area (Å²) in [7, 11) is 0. The van der Waals surface area contributed by atoms with E-state index >= 15 is 0 Å². The molecule has 0 aliphatic carbocycles. The first-order chi connectivity index (χ1) is 13.9. The van der Waals surface area contributed by atoms with Gasteiger partial charge in [0, 0.05) is 30.0 Å². The van der Waals surface area contributed by atoms with Crippen LogP contribution in [-0.2, 0) is 27.2 Å². The number of carbonyl (C=O) groups is 2. The first-order valence-corrected chi connectivity index (χ1v) is 11.1. The van der Waals surface area contributed by atoms with Gasteiger partial charge in [-0.25, -0.2) is 9.97 Å². The zero-order valence-corrected chi connectivity index (χ0v) is 18.2. The number of amides is 1. The molecule has 154 valence electrons. The summed E-state index contributed by atoms with van der Waals surface area (Å²) in [5, 5.41) is 0.729. The molecule has 0 spiro atoms. The minimum Gasteiger partial charge on any atom is -0.453 e. The molecule has 2 heterocycles. The highest BCUT2D eigenvalue weighted by Crippen LogP contribution is 2.27. The number of ether oxygens (including phenoxy) is 1. The van der Waals surface area contributed by atoms with Crippen LogP contribution in [0.1, 0.15) is 42.3 Å². The first-order valence-electron chi connectivity index (χ1n) is 9.87. The summed E-state index contributed by atoms with van der Waals surface area (Å²) in [6.07, 6.45) is 3.69. The molecule has 1 atom stereocenters. The molecule has 1 aliphatic heterocycles. The molecule has 1 aromatic heterocycles. The van der Waals surface area contributed by atoms with Crippen molar-refractivity contribution in [2.24, 2.45) is 0 Å². The second-order valence-electron chi connectivity index (χ2n) is 7.21. The van der Waals surface area contributed by atoms with Crippen molar-refractivity contribution in [3.63, 3.8) is 0 Å². The van der Waals surface area contributed by atoms with Gasteiger partial charge in [-0.1, -0.05) is 30.0 Å². The molecule has 0 N–H and O–H groups in total. The van der Waals surface area contributed by atoms with Gasteiger partial charge in [-0.15, -0.1) is 0 Å². The van der Waals surface area contributed by atoms with E-state index in [1.165, 1.54) is 11.8 Å². The Kier molecular flexibility index (Phi) is 6.90. The number of rotatable bonds is 6. The predicted molar refractivity (Wildman–Crippen MR) is 114 cm³/mol. The van der Waals surface area contributed by atoms with E-state index in [0.29, 0.717) is 13.0 Å². The monoisotopic (exact) mass is 413 g/mol. The summed E-state index contributed by atoms with van der Waals surface area (Å²) in [5.41, 5.74) is 4.80. The van der Waals surface area contributed by atoms with Crippen molar-refractivity contribution in [3.8, 4) is 0 Å². The predicted octanol–water partition coefficient (Wildman–Crippen LogP) is 3.66. The number of fused-ring (bicyclic) bond motifs is 1. The number of para-hydroxylation sites is 1. The summed E-state index contributed by atoms with van der Waals surface area (Å²) >= 11 is 1.49. The fraction of sp³-hybridized carbons (Fsp3) is 0.455. The fourth-order valence-electron chi connectivity index (χ4n) is 3.68. The molecule has 1 unspecified atom stereocenters. The Bertz CT molecular complexity index is 893. The van der Waals surface area contributed by atoms with Gasteiger partial charge in [0.15, 0.2) is 11.3 Å². The van der Waals surface area contributed by atoms with E-state index in [1.807, 2.05) is 44.4 Å². The Morgan fingerprint density at radius 2 is 1.90 bits per heavy atom. The van der Waals surface area contributed by atoms with E-state index in [-0.39, 0.29) is 18.3 Å². The topological polar surface area (TPSA) is 72.4 Å². The summed E-state index contributed by atoms with van der Waals surface area (Å²) < 4.78 is 5.45. The summed E-state index contributed by atoms with van der Waals surface area (Å²) in [5.74, 6) is -0.561. The minimum absolute atomic E-state index is 0.175. The van der Waals surface area contributed by atoms with Gasteiger partial charge >= 0.3 is 5.97 Å². The van der Waals surface area contributed by atoms with Crippen LogP contribution >= 0.6 is 11.8 Å². The smallest absolute Gasteiger partial charge is 0.306 e. The zero-order valence-electron chi connectivity index (χ0n) is 17.4. The zero-order chi connectivity index (χ0) is 21.0. The van der Waals surface area contributed by atoms with Crippen molar-refractivity contribution >= 4 is 29.3 Å². The number of hydrogen-bond acceptors (Lipinski definition) is 6. The van der Waals surface area contributed by atoms with E-state index in [0.717, 1.165) is 46.2 Å². The maximum Gasteiger partial charge on any atom is 0.306 e. The van der Waals surface area contributed by atoms with Gasteiger partial charge < -0.3 is 9.64 Å². The summed E-state index contributed by atoms with van der Waals surface area (Å²) in [4.78, 5) is 35.9. The molecular weight excluding hydrogens is 386 g/mol. The average molecular weight is 414 g/mol. The molecule has 1 aromatic carbocycles. The molecule has 2 aromatic rings. The van der Waals surface area contributed by atoms with E-state index in [2.05, 4.69) is 9.97 Å². The van der Waals surface area contributed by atoms with Crippen LogP contribution in [0.2, 0.25) is 0 Å². The molecule has 1 aliphatic rings. The van der Waals surface area contributed by atoms with Crippen LogP contribution in [0.4, 0.5) is 5.69 Å². The lowest BCUT2D eigenvalue weighted by Crippen LogP contribution is -2.42. The quantitative estimate of drug-likeness (QED) is 0.409. The number of thioether (sulfide) groups is 1. The van der Waals surface area contributed by atoms with Crippen molar-refractivity contribution in [3.05, 3.63) is 46.8 Å². The lowest BCUT2D eigenvalue weighted by molar-refractivity contribution is -0.153. The van der Waals surface area contributed by atoms with Crippen molar-refractivity contribution in [2.45, 2.75) is 57.7 Å². The second kappa shape index (κ2) is 9.39. The highest BCUT2D eigenvalue weighted by molar-refractivity contribution is 7.98. The molecule has 0 bridgehead atoms. The number of aryl methyl sites for hydroxylation is 3. The standard InChI is InChI=1S/C22H27N3O3S/c1-14-18(15(2)24-22(23-14)29-4)11-12-20(26)28-16(3)21(27)25-13-7-9-17-8-5-6-10-19(17)25/h5-6,8,10,16H,7,9,11-13H2,1-4H3. The Morgan fingerprint density at radius 1 is 1.21 bits per heavy atom. The maximum atomic E-state index is 12.9. The van der Waals surface area contributed by atoms with Gasteiger partial charge in [0.05, 0.1) is 0 Å². The van der Waals surface area contributed by atoms with Gasteiger partial charge in [-0.3, -0.25) is 9.59 Å². The first kappa shape index (κ1) is 21.3. The van der Waals surface area contributed by atoms with Crippen molar-refractivity contribution < 1.29 is 14.3 Å². The molecule has 0 saturated heterocycles. The van der Waals surface area contributed by atoms with E-state index < -0.39 is 6.10 Å². The lowest BCUT2D eigenvalue weighted by Gasteiger charge is -2.31. The molecule has 0 fully saturated rings. The Morgan fingerprint density at radius 3 is 2.59 bits per heavy atom. The van der Waals surface area contributed by atoms with Gasteiger partial charge in [0.2, 0.25) is 0 Å². The second-order valence-corrected chi connectivity index (χ2v) is 7.99. The van der Waals surface area contributed by atoms with Crippen molar-refractivity contribution in [1.82, 2.24) is 9.97 Å². The third-order valence-electron chi connectivity index (χ3n) is 5.19. The molecule has 0 saturated carbocycles. The minimum atomic E-state index is -0.814. The van der Waals surface area contributed by atoms with Crippen molar-refractivity contribution in [2.75, 3.05) is 17.7 Å². The average Bonchev–Trinajstić information content (AvgIpc) is 2.71. The van der Waals surface area contributed by atoms with Crippen LogP contribution in [0.15, 0.2) is 29.4 Å². The van der Waals surface area contributed by atoms with Crippen LogP contribution in [0.5, 0.6) is 0 Å². The SMILES string of the molecule is CSc1nc(C)c(CCC(=O)OC(C)C(=O)N2CCCc3ccccc32)c(C)n1. The fourth-order valence-corrected chi connectivity index (χ4v) is 4.13. The van der Waals surface area contributed by atoms with Crippen LogP contribution in [-0.4, -0.2) is 40.7 Å². The molecule has 0 radical (unpaired) electrons. The van der Waals surface area contributed by atoms with Crippen LogP contribution in [0, 0.1) is 13.8 Å². The Balaban J connectivity index is 1.59. The number of anilines is 1. The molecule has 1 amide bonds.